The normalized spacial score (nSPS) is 8.40. The Labute approximate surface area is 27.0 Å². The second-order valence-corrected chi connectivity index (χ2v) is 0.204. The molecule has 0 aliphatic rings. The largest absolute Gasteiger partial charge is 0 e. The minimum absolute atomic E-state index is 2.41. The molecule has 5 heteroatoms. The third kappa shape index (κ3) is 3.80. The fourth-order valence-corrected chi connectivity index (χ4v) is 0.0113. The predicted octanol–water partition coefficient (Wildman–Crippen LogP) is -0.443. The molecule has 0 rings (SSSR count). The molecular weight excluding hydrogens is 80.0 g/mol. The molecule has 0 saturated carbocycles. The van der Waals surface area contributed by atoms with Gasteiger partial charge in [0.05, 0.1) is 0 Å². The summed E-state index contributed by atoms with van der Waals surface area (Å²) < 4.78 is 0. The van der Waals surface area contributed by atoms with Gasteiger partial charge in [-0.05, 0) is 0 Å². The molecule has 0 aromatic heterocycles. The lowest BCUT2D eigenvalue weighted by molar-refractivity contribution is -0.726. The van der Waals surface area contributed by atoms with Crippen LogP contribution in [0.25, 0.3) is 0 Å². The van der Waals surface area contributed by atoms with Gasteiger partial charge >= 0.3 is 0 Å². The van der Waals surface area contributed by atoms with E-state index < -0.39 is 0 Å². The summed E-state index contributed by atoms with van der Waals surface area (Å²) in [5.41, 5.74) is 0. The van der Waals surface area contributed by atoms with Gasteiger partial charge in [-0.3, -0.25) is 0 Å². The van der Waals surface area contributed by atoms with Crippen LogP contribution >= 0.6 is 0 Å². The van der Waals surface area contributed by atoms with Gasteiger partial charge in [0.2, 0.25) is 0 Å². The SMILES string of the molecule is [O]OOO[O]. The third-order valence-electron chi connectivity index (χ3n) is 0.0556. The monoisotopic (exact) mass is 80.0 g/mol. The van der Waals surface area contributed by atoms with Crippen molar-refractivity contribution in [3.8, 4) is 0 Å². The Morgan fingerprint density at radius 3 is 1.40 bits per heavy atom. The zero-order chi connectivity index (χ0) is 4.12. The molecule has 0 heterocycles. The van der Waals surface area contributed by atoms with Crippen LogP contribution in [0.1, 0.15) is 0 Å². The predicted molar refractivity (Wildman–Crippen MR) is 4.63 cm³/mol. The van der Waals surface area contributed by atoms with Crippen molar-refractivity contribution in [1.82, 2.24) is 0 Å². The van der Waals surface area contributed by atoms with E-state index in [1.807, 2.05) is 0 Å². The van der Waals surface area contributed by atoms with Crippen LogP contribution in [0.3, 0.4) is 0 Å². The molecule has 0 spiro atoms. The van der Waals surface area contributed by atoms with Gasteiger partial charge in [-0.25, -0.2) is 0 Å². The van der Waals surface area contributed by atoms with Crippen molar-refractivity contribution in [2.45, 2.75) is 0 Å². The Bertz CT molecular complexity index is 7.51. The second-order valence-electron chi connectivity index (χ2n) is 0.204. The van der Waals surface area contributed by atoms with Gasteiger partial charge in [0.25, 0.3) is 0 Å². The van der Waals surface area contributed by atoms with Crippen LogP contribution in [0.15, 0.2) is 0 Å². The van der Waals surface area contributed by atoms with Crippen molar-refractivity contribution >= 4 is 0 Å². The van der Waals surface area contributed by atoms with E-state index in [-0.39, 0.29) is 0 Å². The van der Waals surface area contributed by atoms with Crippen molar-refractivity contribution in [1.29, 1.82) is 0 Å². The molecule has 0 aromatic carbocycles. The molecule has 0 aliphatic carbocycles. The van der Waals surface area contributed by atoms with Crippen LogP contribution in [0.4, 0.5) is 0 Å². The van der Waals surface area contributed by atoms with E-state index in [0.29, 0.717) is 0 Å². The van der Waals surface area contributed by atoms with Crippen molar-refractivity contribution in [2.75, 3.05) is 0 Å². The highest BCUT2D eigenvalue weighted by atomic mass is 17.7. The van der Waals surface area contributed by atoms with E-state index in [9.17, 15) is 0 Å². The lowest BCUT2D eigenvalue weighted by Gasteiger charge is -1.73. The Balaban J connectivity index is 2.19. The molecule has 0 aliphatic heterocycles. The Hall–Kier alpha value is -0.200. The zero-order valence-corrected chi connectivity index (χ0v) is 2.04. The average molecular weight is 80.0 g/mol. The lowest BCUT2D eigenvalue weighted by Crippen LogP contribution is -1.81. The van der Waals surface area contributed by atoms with Crippen LogP contribution < -0.4 is 0 Å². The van der Waals surface area contributed by atoms with E-state index in [2.05, 4.69) is 15.1 Å². The summed E-state index contributed by atoms with van der Waals surface area (Å²) in [4.78, 5) is 0. The summed E-state index contributed by atoms with van der Waals surface area (Å²) in [7, 11) is 0. The van der Waals surface area contributed by atoms with Crippen LogP contribution in [0.5, 0.6) is 0 Å². The quantitative estimate of drug-likeness (QED) is 0.333. The molecule has 0 amide bonds. The standard InChI is InChI=1S/O5/c1-3-5-4-2. The van der Waals surface area contributed by atoms with Gasteiger partial charge in [-0.15, -0.1) is 0 Å². The first-order chi connectivity index (χ1) is 2.41. The summed E-state index contributed by atoms with van der Waals surface area (Å²) in [6, 6.07) is 0. The minimum Gasteiger partial charge on any atom is 0 e. The Morgan fingerprint density at radius 1 is 1.00 bits per heavy atom. The van der Waals surface area contributed by atoms with Crippen molar-refractivity contribution in [3.63, 3.8) is 0 Å². The smallest absolute Gasteiger partial charge is 0 e. The maximum Gasteiger partial charge on any atom is 0 e. The first kappa shape index (κ1) is 4.80. The molecule has 5 nitrogen and oxygen atoms in total. The highest BCUT2D eigenvalue weighted by Crippen LogP contribution is 1.66. The van der Waals surface area contributed by atoms with Gasteiger partial charge < -0.3 is 0 Å². The Kier molecular flexibility index (Phi) is 3.65. The summed E-state index contributed by atoms with van der Waals surface area (Å²) in [5.74, 6) is 0. The summed E-state index contributed by atoms with van der Waals surface area (Å²) >= 11 is 0. The van der Waals surface area contributed by atoms with Gasteiger partial charge in [0.1, 0.15) is 0 Å². The highest BCUT2D eigenvalue weighted by Gasteiger charge is 1.73. The summed E-state index contributed by atoms with van der Waals surface area (Å²) in [6.07, 6.45) is 0. The lowest BCUT2D eigenvalue weighted by atomic mass is 14.3. The molecular formula is O5. The summed E-state index contributed by atoms with van der Waals surface area (Å²) in [5, 5.41) is 24.5. The molecule has 0 N–H and O–H groups in total. The van der Waals surface area contributed by atoms with E-state index in [4.69, 9.17) is 10.5 Å². The maximum absolute atomic E-state index is 8.48. The third-order valence-corrected chi connectivity index (χ3v) is 0.0556. The van der Waals surface area contributed by atoms with Crippen LogP contribution in [0, 0.1) is 0 Å². The fourth-order valence-electron chi connectivity index (χ4n) is 0.0113. The van der Waals surface area contributed by atoms with E-state index in [0.717, 1.165) is 0 Å². The number of hydrogen-bond acceptors (Lipinski definition) is 3. The van der Waals surface area contributed by atoms with Gasteiger partial charge in [0, 0.05) is 25.6 Å². The number of rotatable bonds is 2. The maximum atomic E-state index is 8.48. The first-order valence-electron chi connectivity index (χ1n) is 0.667. The van der Waals surface area contributed by atoms with E-state index in [1.54, 1.807) is 0 Å². The first-order valence-corrected chi connectivity index (χ1v) is 0.667. The second kappa shape index (κ2) is 3.80. The molecule has 0 bridgehead atoms. The summed E-state index contributed by atoms with van der Waals surface area (Å²) in [6.45, 7) is 0. The molecule has 0 atom stereocenters. The molecule has 0 saturated heterocycles. The van der Waals surface area contributed by atoms with Crippen molar-refractivity contribution in [3.05, 3.63) is 0 Å². The van der Waals surface area contributed by atoms with Gasteiger partial charge in [-0.2, -0.15) is 0 Å². The van der Waals surface area contributed by atoms with Crippen LogP contribution in [-0.2, 0) is 25.6 Å². The molecule has 0 unspecified atom stereocenters. The topological polar surface area (TPSA) is 67.5 Å². The van der Waals surface area contributed by atoms with Crippen molar-refractivity contribution in [2.24, 2.45) is 0 Å². The molecule has 2 radical (unpaired) electrons. The molecule has 0 fully saturated rings. The molecule has 0 aromatic rings. The Morgan fingerprint density at radius 2 is 1.40 bits per heavy atom. The van der Waals surface area contributed by atoms with Gasteiger partial charge in [-0.1, -0.05) is 0 Å². The number of hydrogen-bond donors (Lipinski definition) is 0. The zero-order valence-electron chi connectivity index (χ0n) is 2.04. The molecule has 5 heavy (non-hydrogen) atoms. The minimum atomic E-state index is 2.41. The average Bonchev–Trinajstić information content (AvgIpc) is 1.41. The van der Waals surface area contributed by atoms with Crippen molar-refractivity contribution < 1.29 is 25.6 Å². The van der Waals surface area contributed by atoms with Crippen LogP contribution in [0.2, 0.25) is 0 Å². The molecule has 30 valence electrons. The highest BCUT2D eigenvalue weighted by molar-refractivity contribution is 2.76. The fraction of sp³-hybridized carbons (Fsp3) is 0. The van der Waals surface area contributed by atoms with E-state index >= 15 is 0 Å². The van der Waals surface area contributed by atoms with Gasteiger partial charge in [0.15, 0.2) is 0 Å². The van der Waals surface area contributed by atoms with E-state index in [1.165, 1.54) is 0 Å². The van der Waals surface area contributed by atoms with Crippen LogP contribution in [-0.4, -0.2) is 0 Å².